The highest BCUT2D eigenvalue weighted by Crippen LogP contribution is 2.32. The second-order valence-electron chi connectivity index (χ2n) is 6.98. The third kappa shape index (κ3) is 4.41. The van der Waals surface area contributed by atoms with Gasteiger partial charge in [0, 0.05) is 39.9 Å². The fraction of sp³-hybridized carbons (Fsp3) is 0.500. The first-order chi connectivity index (χ1) is 12.2. The van der Waals surface area contributed by atoms with E-state index >= 15 is 0 Å². The van der Waals surface area contributed by atoms with Crippen LogP contribution in [0.3, 0.4) is 0 Å². The van der Waals surface area contributed by atoms with Gasteiger partial charge in [0.2, 0.25) is 0 Å². The first-order valence-corrected chi connectivity index (χ1v) is 9.15. The Morgan fingerprint density at radius 1 is 1.32 bits per heavy atom. The van der Waals surface area contributed by atoms with Gasteiger partial charge in [0.25, 0.3) is 0 Å². The Labute approximate surface area is 150 Å². The molecule has 5 nitrogen and oxygen atoms in total. The van der Waals surface area contributed by atoms with Gasteiger partial charge in [0.1, 0.15) is 0 Å². The van der Waals surface area contributed by atoms with Gasteiger partial charge in [-0.25, -0.2) is 0 Å². The third-order valence-corrected chi connectivity index (χ3v) is 5.10. The molecule has 1 saturated heterocycles. The second kappa shape index (κ2) is 8.19. The van der Waals surface area contributed by atoms with E-state index in [2.05, 4.69) is 63.8 Å². The van der Waals surface area contributed by atoms with Crippen molar-refractivity contribution < 1.29 is 0 Å². The van der Waals surface area contributed by atoms with Gasteiger partial charge in [-0.15, -0.1) is 0 Å². The molecule has 1 fully saturated rings. The Morgan fingerprint density at radius 2 is 2.12 bits per heavy atom. The van der Waals surface area contributed by atoms with E-state index in [-0.39, 0.29) is 0 Å². The van der Waals surface area contributed by atoms with Gasteiger partial charge in [0.15, 0.2) is 5.96 Å². The summed E-state index contributed by atoms with van der Waals surface area (Å²) >= 11 is 0. The quantitative estimate of drug-likeness (QED) is 0.688. The molecule has 134 valence electrons. The van der Waals surface area contributed by atoms with Crippen molar-refractivity contribution in [3.63, 3.8) is 0 Å². The van der Waals surface area contributed by atoms with Crippen LogP contribution in [0.4, 0.5) is 0 Å². The minimum absolute atomic E-state index is 0.619. The van der Waals surface area contributed by atoms with Gasteiger partial charge < -0.3 is 10.2 Å². The van der Waals surface area contributed by atoms with Crippen molar-refractivity contribution in [1.82, 2.24) is 20.0 Å². The van der Waals surface area contributed by atoms with Crippen molar-refractivity contribution in [2.45, 2.75) is 25.7 Å². The molecular weight excluding hydrogens is 310 g/mol. The van der Waals surface area contributed by atoms with Crippen molar-refractivity contribution in [2.24, 2.45) is 18.0 Å². The molecule has 0 amide bonds. The normalized spacial score (nSPS) is 21.4. The molecule has 0 bridgehead atoms. The summed E-state index contributed by atoms with van der Waals surface area (Å²) in [5, 5.41) is 7.73. The number of hydrogen-bond donors (Lipinski definition) is 1. The van der Waals surface area contributed by atoms with Crippen LogP contribution in [0.25, 0.3) is 0 Å². The number of nitrogens with zero attached hydrogens (tertiary/aromatic N) is 4. The number of piperidine rings is 1. The summed E-state index contributed by atoms with van der Waals surface area (Å²) in [6.07, 6.45) is 6.13. The predicted molar refractivity (Wildman–Crippen MR) is 103 cm³/mol. The molecule has 0 saturated carbocycles. The molecule has 0 spiro atoms. The lowest BCUT2D eigenvalue weighted by atomic mass is 9.82. The summed E-state index contributed by atoms with van der Waals surface area (Å²) in [5.41, 5.74) is 2.72. The highest BCUT2D eigenvalue weighted by atomic mass is 15.3. The Kier molecular flexibility index (Phi) is 5.74. The number of guanidine groups is 1. The molecule has 2 aromatic rings. The van der Waals surface area contributed by atoms with E-state index < -0.39 is 0 Å². The average Bonchev–Trinajstić information content (AvgIpc) is 3.04. The standard InChI is InChI=1S/C20H29N5/c1-16-14-25(12-10-19(16)18-7-5-4-6-8-18)20(21-2)22-11-9-17-13-23-24(3)15-17/h4-8,13,15-16,19H,9-12,14H2,1-3H3,(H,21,22). The Balaban J connectivity index is 1.52. The molecule has 1 aliphatic heterocycles. The number of aliphatic imine (C=N–C) groups is 1. The van der Waals surface area contributed by atoms with Crippen molar-refractivity contribution >= 4 is 5.96 Å². The van der Waals surface area contributed by atoms with Crippen LogP contribution in [0.15, 0.2) is 47.7 Å². The van der Waals surface area contributed by atoms with Crippen molar-refractivity contribution in [2.75, 3.05) is 26.7 Å². The number of hydrogen-bond acceptors (Lipinski definition) is 2. The Bertz CT molecular complexity index is 691. The number of nitrogens with one attached hydrogen (secondary N) is 1. The Morgan fingerprint density at radius 3 is 2.76 bits per heavy atom. The third-order valence-electron chi connectivity index (χ3n) is 5.10. The largest absolute Gasteiger partial charge is 0.356 e. The van der Waals surface area contributed by atoms with Gasteiger partial charge in [-0.2, -0.15) is 5.10 Å². The molecule has 0 aliphatic carbocycles. The smallest absolute Gasteiger partial charge is 0.193 e. The number of benzene rings is 1. The van der Waals surface area contributed by atoms with Crippen LogP contribution in [0, 0.1) is 5.92 Å². The summed E-state index contributed by atoms with van der Waals surface area (Å²) in [5.74, 6) is 2.28. The molecule has 2 heterocycles. The zero-order valence-corrected chi connectivity index (χ0v) is 15.5. The highest BCUT2D eigenvalue weighted by molar-refractivity contribution is 5.80. The van der Waals surface area contributed by atoms with Crippen molar-refractivity contribution in [1.29, 1.82) is 0 Å². The fourth-order valence-corrected chi connectivity index (χ4v) is 3.79. The molecule has 1 aromatic heterocycles. The summed E-state index contributed by atoms with van der Waals surface area (Å²) in [6.45, 7) is 5.33. The first-order valence-electron chi connectivity index (χ1n) is 9.15. The van der Waals surface area contributed by atoms with Gasteiger partial charge in [0.05, 0.1) is 6.20 Å². The van der Waals surface area contributed by atoms with Gasteiger partial charge >= 0.3 is 0 Å². The van der Waals surface area contributed by atoms with E-state index in [4.69, 9.17) is 0 Å². The lowest BCUT2D eigenvalue weighted by Crippen LogP contribution is -2.48. The topological polar surface area (TPSA) is 45.5 Å². The van der Waals surface area contributed by atoms with Gasteiger partial charge in [-0.05, 0) is 35.8 Å². The molecule has 5 heteroatoms. The van der Waals surface area contributed by atoms with E-state index in [1.165, 1.54) is 17.5 Å². The SMILES string of the molecule is CN=C(NCCc1cnn(C)c1)N1CCC(c2ccccc2)C(C)C1. The molecule has 3 rings (SSSR count). The average molecular weight is 339 g/mol. The molecular formula is C20H29N5. The monoisotopic (exact) mass is 339 g/mol. The number of rotatable bonds is 4. The molecule has 1 aromatic carbocycles. The van der Waals surface area contributed by atoms with E-state index in [9.17, 15) is 0 Å². The van der Waals surface area contributed by atoms with Gasteiger partial charge in [-0.3, -0.25) is 9.67 Å². The van der Waals surface area contributed by atoms with Crippen molar-refractivity contribution in [3.8, 4) is 0 Å². The van der Waals surface area contributed by atoms with Crippen LogP contribution < -0.4 is 5.32 Å². The van der Waals surface area contributed by atoms with Crippen LogP contribution in [0.2, 0.25) is 0 Å². The van der Waals surface area contributed by atoms with E-state index in [0.717, 1.165) is 32.0 Å². The highest BCUT2D eigenvalue weighted by Gasteiger charge is 2.28. The van der Waals surface area contributed by atoms with Crippen LogP contribution in [0.1, 0.15) is 30.4 Å². The summed E-state index contributed by atoms with van der Waals surface area (Å²) in [4.78, 5) is 6.89. The maximum absolute atomic E-state index is 4.49. The van der Waals surface area contributed by atoms with Crippen LogP contribution in [0.5, 0.6) is 0 Å². The lowest BCUT2D eigenvalue weighted by molar-refractivity contribution is 0.234. The molecule has 2 atom stereocenters. The fourth-order valence-electron chi connectivity index (χ4n) is 3.79. The Hall–Kier alpha value is -2.30. The summed E-state index contributed by atoms with van der Waals surface area (Å²) in [6, 6.07) is 10.9. The zero-order valence-electron chi connectivity index (χ0n) is 15.5. The van der Waals surface area contributed by atoms with E-state index in [0.29, 0.717) is 11.8 Å². The lowest BCUT2D eigenvalue weighted by Gasteiger charge is -2.39. The molecule has 1 aliphatic rings. The van der Waals surface area contributed by atoms with Crippen LogP contribution in [-0.4, -0.2) is 47.3 Å². The second-order valence-corrected chi connectivity index (χ2v) is 6.98. The van der Waals surface area contributed by atoms with E-state index in [1.807, 2.05) is 25.0 Å². The summed E-state index contributed by atoms with van der Waals surface area (Å²) in [7, 11) is 3.83. The maximum Gasteiger partial charge on any atom is 0.193 e. The predicted octanol–water partition coefficient (Wildman–Crippen LogP) is 2.66. The molecule has 2 unspecified atom stereocenters. The molecule has 25 heavy (non-hydrogen) atoms. The number of aryl methyl sites for hydroxylation is 1. The first kappa shape index (κ1) is 17.5. The van der Waals surface area contributed by atoms with E-state index in [1.54, 1.807) is 0 Å². The summed E-state index contributed by atoms with van der Waals surface area (Å²) < 4.78 is 1.85. The number of aromatic nitrogens is 2. The minimum atomic E-state index is 0.619. The van der Waals surface area contributed by atoms with Crippen LogP contribution in [-0.2, 0) is 13.5 Å². The van der Waals surface area contributed by atoms with Crippen LogP contribution >= 0.6 is 0 Å². The van der Waals surface area contributed by atoms with Gasteiger partial charge in [-0.1, -0.05) is 37.3 Å². The van der Waals surface area contributed by atoms with Crippen molar-refractivity contribution in [3.05, 3.63) is 53.9 Å². The molecule has 0 radical (unpaired) electrons. The maximum atomic E-state index is 4.49. The molecule has 1 N–H and O–H groups in total. The minimum Gasteiger partial charge on any atom is -0.356 e. The number of likely N-dealkylation sites (tertiary alicyclic amines) is 1. The zero-order chi connectivity index (χ0) is 17.6.